The molecule has 3 aromatic rings. The van der Waals surface area contributed by atoms with E-state index in [-0.39, 0.29) is 29.7 Å². The van der Waals surface area contributed by atoms with Crippen LogP contribution in [0.4, 0.5) is 10.7 Å². The number of amides is 2. The molecule has 2 N–H and O–H groups in total. The van der Waals surface area contributed by atoms with Crippen molar-refractivity contribution in [3.05, 3.63) is 52.4 Å². The minimum absolute atomic E-state index is 0.0456. The van der Waals surface area contributed by atoms with Gasteiger partial charge in [0.25, 0.3) is 5.56 Å². The van der Waals surface area contributed by atoms with E-state index in [2.05, 4.69) is 15.6 Å². The maximum Gasteiger partial charge on any atom is 0.317 e. The van der Waals surface area contributed by atoms with Gasteiger partial charge in [-0.3, -0.25) is 9.36 Å². The maximum atomic E-state index is 14.1. The van der Waals surface area contributed by atoms with Crippen LogP contribution in [-0.2, 0) is 10.0 Å². The van der Waals surface area contributed by atoms with Gasteiger partial charge in [0, 0.05) is 61.5 Å². The van der Waals surface area contributed by atoms with Gasteiger partial charge in [-0.05, 0) is 63.6 Å². The summed E-state index contributed by atoms with van der Waals surface area (Å²) in [4.78, 5) is 37.7. The van der Waals surface area contributed by atoms with Crippen molar-refractivity contribution in [3.63, 3.8) is 0 Å². The van der Waals surface area contributed by atoms with Crippen molar-refractivity contribution in [2.45, 2.75) is 64.6 Å². The van der Waals surface area contributed by atoms with E-state index in [1.165, 1.54) is 10.6 Å². The van der Waals surface area contributed by atoms with Gasteiger partial charge in [-0.2, -0.15) is 4.98 Å². The van der Waals surface area contributed by atoms with Gasteiger partial charge in [-0.1, -0.05) is 24.3 Å². The lowest BCUT2D eigenvalue weighted by molar-refractivity contribution is 0.181. The number of urea groups is 1. The van der Waals surface area contributed by atoms with Crippen LogP contribution in [-0.4, -0.2) is 82.7 Å². The lowest BCUT2D eigenvalue weighted by Crippen LogP contribution is -2.48. The number of nitrogens with zero attached hydrogens (tertiary/aromatic N) is 5. The fraction of sp³-hybridized carbons (Fsp3) is 0.517. The Morgan fingerprint density at radius 1 is 1.02 bits per heavy atom. The minimum Gasteiger partial charge on any atom is -0.351 e. The Kier molecular flexibility index (Phi) is 8.32. The molecule has 4 heterocycles. The van der Waals surface area contributed by atoms with E-state index in [4.69, 9.17) is 4.98 Å². The van der Waals surface area contributed by atoms with E-state index in [1.807, 2.05) is 56.0 Å². The molecule has 220 valence electrons. The SMILES string of the molecule is Cc1ccccc1-c1cc2cnc(NC3CCN(C(=O)NC(C)C)CC3)nc2n(C2CCN(S(C)(=O)=O)CC2)c1=O. The van der Waals surface area contributed by atoms with E-state index < -0.39 is 10.0 Å². The molecule has 0 unspecified atom stereocenters. The normalized spacial score (nSPS) is 17.7. The second-order valence-electron chi connectivity index (χ2n) is 11.4. The number of pyridine rings is 1. The van der Waals surface area contributed by atoms with Gasteiger partial charge in [0.05, 0.1) is 6.26 Å². The van der Waals surface area contributed by atoms with Crippen molar-refractivity contribution in [1.29, 1.82) is 0 Å². The quantitative estimate of drug-likeness (QED) is 0.457. The number of anilines is 1. The number of likely N-dealkylation sites (tertiary alicyclic amines) is 1. The zero-order valence-corrected chi connectivity index (χ0v) is 24.9. The number of carbonyl (C=O) groups is 1. The minimum atomic E-state index is -3.30. The van der Waals surface area contributed by atoms with E-state index in [1.54, 1.807) is 10.8 Å². The van der Waals surface area contributed by atoms with Gasteiger partial charge in [-0.25, -0.2) is 22.5 Å². The number of nitrogens with one attached hydrogen (secondary N) is 2. The molecule has 2 amide bonds. The summed E-state index contributed by atoms with van der Waals surface area (Å²) >= 11 is 0. The summed E-state index contributed by atoms with van der Waals surface area (Å²) in [5.74, 6) is 0.438. The van der Waals surface area contributed by atoms with Crippen molar-refractivity contribution in [2.75, 3.05) is 37.8 Å². The van der Waals surface area contributed by atoms with Crippen molar-refractivity contribution in [2.24, 2.45) is 0 Å². The van der Waals surface area contributed by atoms with Crippen LogP contribution in [0.25, 0.3) is 22.2 Å². The summed E-state index contributed by atoms with van der Waals surface area (Å²) in [5.41, 5.74) is 2.83. The largest absolute Gasteiger partial charge is 0.351 e. The Hall–Kier alpha value is -3.51. The number of aryl methyl sites for hydroxylation is 1. The second-order valence-corrected chi connectivity index (χ2v) is 13.4. The molecule has 2 aromatic heterocycles. The molecule has 0 saturated carbocycles. The fourth-order valence-electron chi connectivity index (χ4n) is 5.78. The Morgan fingerprint density at radius 3 is 2.34 bits per heavy atom. The van der Waals surface area contributed by atoms with Crippen LogP contribution in [0.5, 0.6) is 0 Å². The van der Waals surface area contributed by atoms with Crippen LogP contribution in [0.1, 0.15) is 51.1 Å². The van der Waals surface area contributed by atoms with E-state index in [0.717, 1.165) is 29.4 Å². The first kappa shape index (κ1) is 29.0. The van der Waals surface area contributed by atoms with Crippen LogP contribution in [0.15, 0.2) is 41.3 Å². The number of aromatic nitrogens is 3. The molecule has 2 aliphatic heterocycles. The topological polar surface area (TPSA) is 130 Å². The first-order chi connectivity index (χ1) is 19.5. The molecule has 0 spiro atoms. The average molecular weight is 582 g/mol. The number of benzene rings is 1. The third kappa shape index (κ3) is 6.38. The van der Waals surface area contributed by atoms with Gasteiger partial charge in [0.15, 0.2) is 0 Å². The number of carbonyl (C=O) groups excluding carboxylic acids is 1. The van der Waals surface area contributed by atoms with Crippen molar-refractivity contribution < 1.29 is 13.2 Å². The number of piperidine rings is 2. The smallest absolute Gasteiger partial charge is 0.317 e. The summed E-state index contributed by atoms with van der Waals surface area (Å²) < 4.78 is 27.5. The summed E-state index contributed by atoms with van der Waals surface area (Å²) in [6, 6.07) is 9.59. The van der Waals surface area contributed by atoms with Crippen LogP contribution in [0.2, 0.25) is 0 Å². The molecular weight excluding hydrogens is 542 g/mol. The van der Waals surface area contributed by atoms with Crippen molar-refractivity contribution in [3.8, 4) is 11.1 Å². The molecule has 5 rings (SSSR count). The molecule has 2 aliphatic rings. The van der Waals surface area contributed by atoms with E-state index >= 15 is 0 Å². The molecule has 0 bridgehead atoms. The van der Waals surface area contributed by atoms with Crippen molar-refractivity contribution in [1.82, 2.24) is 29.1 Å². The molecule has 1 aromatic carbocycles. The highest BCUT2D eigenvalue weighted by Crippen LogP contribution is 2.29. The molecule has 11 nitrogen and oxygen atoms in total. The van der Waals surface area contributed by atoms with E-state index in [0.29, 0.717) is 56.2 Å². The Morgan fingerprint density at radius 2 is 1.71 bits per heavy atom. The molecule has 0 atom stereocenters. The van der Waals surface area contributed by atoms with E-state index in [9.17, 15) is 18.0 Å². The average Bonchev–Trinajstić information content (AvgIpc) is 2.93. The second kappa shape index (κ2) is 11.8. The number of fused-ring (bicyclic) bond motifs is 1. The van der Waals surface area contributed by atoms with Gasteiger partial charge in [0.1, 0.15) is 5.65 Å². The first-order valence-corrected chi connectivity index (χ1v) is 16.1. The standard InChI is InChI=1S/C29H39N7O4S/c1-19(2)31-29(38)34-13-9-22(10-14-34)32-28-30-18-21-17-25(24-8-6-5-7-20(24)3)27(37)36(26(21)33-28)23-11-15-35(16-12-23)41(4,39)40/h5-8,17-19,22-23H,9-16H2,1-4H3,(H,31,38)(H,30,32,33). The molecule has 2 saturated heterocycles. The molecular formula is C29H39N7O4S. The molecule has 12 heteroatoms. The molecule has 2 fully saturated rings. The highest BCUT2D eigenvalue weighted by atomic mass is 32.2. The Bertz CT molecular complexity index is 1590. The lowest BCUT2D eigenvalue weighted by atomic mass is 9.99. The zero-order chi connectivity index (χ0) is 29.3. The van der Waals surface area contributed by atoms with Crippen molar-refractivity contribution >= 4 is 33.0 Å². The predicted molar refractivity (Wildman–Crippen MR) is 161 cm³/mol. The lowest BCUT2D eigenvalue weighted by Gasteiger charge is -2.33. The fourth-order valence-corrected chi connectivity index (χ4v) is 6.65. The van der Waals surface area contributed by atoms with Gasteiger partial charge >= 0.3 is 6.03 Å². The monoisotopic (exact) mass is 581 g/mol. The summed E-state index contributed by atoms with van der Waals surface area (Å²) in [6.45, 7) is 7.84. The summed E-state index contributed by atoms with van der Waals surface area (Å²) in [6.07, 6.45) is 5.52. The molecule has 0 radical (unpaired) electrons. The van der Waals surface area contributed by atoms with Crippen LogP contribution >= 0.6 is 0 Å². The van der Waals surface area contributed by atoms with Gasteiger partial charge in [-0.15, -0.1) is 0 Å². The highest BCUT2D eigenvalue weighted by Gasteiger charge is 2.29. The third-order valence-electron chi connectivity index (χ3n) is 7.99. The maximum absolute atomic E-state index is 14.1. The highest BCUT2D eigenvalue weighted by molar-refractivity contribution is 7.88. The zero-order valence-electron chi connectivity index (χ0n) is 24.1. The number of sulfonamides is 1. The first-order valence-electron chi connectivity index (χ1n) is 14.3. The predicted octanol–water partition coefficient (Wildman–Crippen LogP) is 3.36. The van der Waals surface area contributed by atoms with Crippen LogP contribution < -0.4 is 16.2 Å². The van der Waals surface area contributed by atoms with Gasteiger partial charge < -0.3 is 15.5 Å². The molecule has 0 aliphatic carbocycles. The number of rotatable bonds is 6. The Balaban J connectivity index is 1.46. The Labute approximate surface area is 241 Å². The van der Waals surface area contributed by atoms with Crippen LogP contribution in [0.3, 0.4) is 0 Å². The molecule has 41 heavy (non-hydrogen) atoms. The summed E-state index contributed by atoms with van der Waals surface area (Å²) in [5, 5.41) is 7.11. The van der Waals surface area contributed by atoms with Gasteiger partial charge in [0.2, 0.25) is 16.0 Å². The third-order valence-corrected chi connectivity index (χ3v) is 9.30. The summed E-state index contributed by atoms with van der Waals surface area (Å²) in [7, 11) is -3.30. The van der Waals surface area contributed by atoms with Crippen LogP contribution in [0, 0.1) is 6.92 Å². The number of hydrogen-bond donors (Lipinski definition) is 2. The number of hydrogen-bond acceptors (Lipinski definition) is 7.